The van der Waals surface area contributed by atoms with Gasteiger partial charge in [-0.2, -0.15) is 0 Å². The summed E-state index contributed by atoms with van der Waals surface area (Å²) in [6, 6.07) is 0.491. The fourth-order valence-electron chi connectivity index (χ4n) is 3.96. The second-order valence-corrected chi connectivity index (χ2v) is 8.07. The van der Waals surface area contributed by atoms with E-state index in [1.807, 2.05) is 0 Å². The van der Waals surface area contributed by atoms with Crippen molar-refractivity contribution in [3.05, 3.63) is 0 Å². The highest BCUT2D eigenvalue weighted by molar-refractivity contribution is 5.85. The summed E-state index contributed by atoms with van der Waals surface area (Å²) in [6.45, 7) is 12.4. The van der Waals surface area contributed by atoms with Crippen molar-refractivity contribution in [1.29, 1.82) is 0 Å². The van der Waals surface area contributed by atoms with Crippen LogP contribution in [0.4, 0.5) is 0 Å². The van der Waals surface area contributed by atoms with Gasteiger partial charge in [-0.05, 0) is 76.0 Å². The summed E-state index contributed by atoms with van der Waals surface area (Å²) in [7, 11) is 0. The molecule has 0 radical (unpaired) electrons. The van der Waals surface area contributed by atoms with E-state index in [1.165, 1.54) is 38.8 Å². The fourth-order valence-corrected chi connectivity index (χ4v) is 3.96. The molecule has 2 rings (SSSR count). The van der Waals surface area contributed by atoms with E-state index in [9.17, 15) is 4.79 Å². The normalized spacial score (nSPS) is 21.3. The molecular formula is C19H39Cl2N3O. The lowest BCUT2D eigenvalue weighted by Crippen LogP contribution is -2.49. The summed E-state index contributed by atoms with van der Waals surface area (Å²) in [5, 5.41) is 6.60. The third-order valence-corrected chi connectivity index (χ3v) is 5.80. The number of carbonyl (C=O) groups excluding carboxylic acids is 1. The van der Waals surface area contributed by atoms with Crippen LogP contribution in [0.3, 0.4) is 0 Å². The summed E-state index contributed by atoms with van der Waals surface area (Å²) >= 11 is 0. The third-order valence-electron chi connectivity index (χ3n) is 5.80. The predicted octanol–water partition coefficient (Wildman–Crippen LogP) is 3.48. The molecule has 2 fully saturated rings. The Bertz CT molecular complexity index is 355. The van der Waals surface area contributed by atoms with E-state index >= 15 is 0 Å². The van der Waals surface area contributed by atoms with Crippen LogP contribution in [-0.4, -0.2) is 49.6 Å². The van der Waals surface area contributed by atoms with Gasteiger partial charge in [0.25, 0.3) is 0 Å². The molecule has 1 atom stereocenters. The van der Waals surface area contributed by atoms with Crippen LogP contribution in [0, 0.1) is 17.8 Å². The van der Waals surface area contributed by atoms with Crippen LogP contribution < -0.4 is 10.6 Å². The zero-order valence-electron chi connectivity index (χ0n) is 16.3. The van der Waals surface area contributed by atoms with Crippen LogP contribution in [-0.2, 0) is 4.79 Å². The Kier molecular flexibility index (Phi) is 13.2. The lowest BCUT2D eigenvalue weighted by molar-refractivity contribution is -0.121. The van der Waals surface area contributed by atoms with Gasteiger partial charge in [0.1, 0.15) is 0 Å². The minimum atomic E-state index is 0. The van der Waals surface area contributed by atoms with Crippen LogP contribution in [0.1, 0.15) is 59.3 Å². The Morgan fingerprint density at radius 3 is 2.28 bits per heavy atom. The minimum Gasteiger partial charge on any atom is -0.355 e. The van der Waals surface area contributed by atoms with Crippen molar-refractivity contribution < 1.29 is 4.79 Å². The molecule has 0 aromatic rings. The lowest BCUT2D eigenvalue weighted by Gasteiger charge is -2.39. The Balaban J connectivity index is 0.00000288. The van der Waals surface area contributed by atoms with Crippen LogP contribution >= 0.6 is 24.8 Å². The monoisotopic (exact) mass is 395 g/mol. The molecule has 2 N–H and O–H groups in total. The molecule has 2 heterocycles. The molecule has 4 nitrogen and oxygen atoms in total. The van der Waals surface area contributed by atoms with E-state index in [1.54, 1.807) is 0 Å². The van der Waals surface area contributed by atoms with Gasteiger partial charge < -0.3 is 10.6 Å². The molecule has 150 valence electrons. The predicted molar refractivity (Wildman–Crippen MR) is 111 cm³/mol. The summed E-state index contributed by atoms with van der Waals surface area (Å²) in [4.78, 5) is 14.8. The summed E-state index contributed by atoms with van der Waals surface area (Å²) in [5.74, 6) is 2.44. The van der Waals surface area contributed by atoms with Gasteiger partial charge in [-0.3, -0.25) is 9.69 Å². The molecule has 6 heteroatoms. The van der Waals surface area contributed by atoms with Gasteiger partial charge in [-0.1, -0.05) is 20.8 Å². The van der Waals surface area contributed by atoms with Crippen LogP contribution in [0.25, 0.3) is 0 Å². The molecule has 2 aliphatic heterocycles. The second-order valence-electron chi connectivity index (χ2n) is 8.07. The highest BCUT2D eigenvalue weighted by Gasteiger charge is 2.26. The van der Waals surface area contributed by atoms with E-state index in [0.29, 0.717) is 18.4 Å². The molecule has 25 heavy (non-hydrogen) atoms. The van der Waals surface area contributed by atoms with Gasteiger partial charge >= 0.3 is 0 Å². The molecule has 0 spiro atoms. The highest BCUT2D eigenvalue weighted by Crippen LogP contribution is 2.21. The average Bonchev–Trinajstić information content (AvgIpc) is 2.55. The smallest absolute Gasteiger partial charge is 0.220 e. The number of piperidine rings is 2. The zero-order chi connectivity index (χ0) is 16.7. The number of nitrogens with one attached hydrogen (secondary N) is 2. The number of likely N-dealkylation sites (tertiary alicyclic amines) is 1. The molecule has 0 bridgehead atoms. The van der Waals surface area contributed by atoms with Crippen molar-refractivity contribution in [3.63, 3.8) is 0 Å². The Morgan fingerprint density at radius 2 is 1.72 bits per heavy atom. The SMILES string of the molecule is CC1CCN(C(CNC(=O)CCC2CCNCC2)C(C)C)CC1.Cl.Cl. The van der Waals surface area contributed by atoms with Crippen LogP contribution in [0.15, 0.2) is 0 Å². The maximum absolute atomic E-state index is 12.2. The quantitative estimate of drug-likeness (QED) is 0.693. The molecular weight excluding hydrogens is 357 g/mol. The second kappa shape index (κ2) is 13.2. The fraction of sp³-hybridized carbons (Fsp3) is 0.947. The van der Waals surface area contributed by atoms with E-state index in [-0.39, 0.29) is 30.7 Å². The number of rotatable bonds is 7. The van der Waals surface area contributed by atoms with Crippen molar-refractivity contribution in [2.45, 2.75) is 65.3 Å². The van der Waals surface area contributed by atoms with Crippen molar-refractivity contribution >= 4 is 30.7 Å². The first-order valence-corrected chi connectivity index (χ1v) is 9.77. The van der Waals surface area contributed by atoms with Gasteiger partial charge in [-0.25, -0.2) is 0 Å². The number of amides is 1. The number of carbonyl (C=O) groups is 1. The van der Waals surface area contributed by atoms with E-state index in [4.69, 9.17) is 0 Å². The molecule has 1 unspecified atom stereocenters. The first-order valence-electron chi connectivity index (χ1n) is 9.77. The van der Waals surface area contributed by atoms with Crippen molar-refractivity contribution in [1.82, 2.24) is 15.5 Å². The highest BCUT2D eigenvalue weighted by atomic mass is 35.5. The Hall–Kier alpha value is -0.0300. The van der Waals surface area contributed by atoms with Gasteiger partial charge in [0.15, 0.2) is 0 Å². The Morgan fingerprint density at radius 1 is 1.12 bits per heavy atom. The van der Waals surface area contributed by atoms with Gasteiger partial charge in [0.2, 0.25) is 5.91 Å². The van der Waals surface area contributed by atoms with E-state index in [0.717, 1.165) is 37.9 Å². The molecule has 0 saturated carbocycles. The van der Waals surface area contributed by atoms with Crippen LogP contribution in [0.5, 0.6) is 0 Å². The molecule has 0 aromatic carbocycles. The van der Waals surface area contributed by atoms with E-state index in [2.05, 4.69) is 36.3 Å². The van der Waals surface area contributed by atoms with E-state index < -0.39 is 0 Å². The number of hydrogen-bond acceptors (Lipinski definition) is 3. The average molecular weight is 396 g/mol. The standard InChI is InChI=1S/C19H37N3O.2ClH/c1-15(2)18(22-12-8-16(3)9-13-22)14-21-19(23)5-4-17-6-10-20-11-7-17;;/h15-18,20H,4-14H2,1-3H3,(H,21,23);2*1H. The van der Waals surface area contributed by atoms with Crippen molar-refractivity contribution in [2.24, 2.45) is 17.8 Å². The summed E-state index contributed by atoms with van der Waals surface area (Å²) in [5.41, 5.74) is 0. The number of halogens is 2. The molecule has 2 saturated heterocycles. The van der Waals surface area contributed by atoms with Gasteiger partial charge in [-0.15, -0.1) is 24.8 Å². The summed E-state index contributed by atoms with van der Waals surface area (Å²) < 4.78 is 0. The first kappa shape index (κ1) is 25.0. The summed E-state index contributed by atoms with van der Waals surface area (Å²) in [6.07, 6.45) is 6.81. The maximum Gasteiger partial charge on any atom is 0.220 e. The third kappa shape index (κ3) is 8.94. The van der Waals surface area contributed by atoms with Crippen molar-refractivity contribution in [2.75, 3.05) is 32.7 Å². The topological polar surface area (TPSA) is 44.4 Å². The van der Waals surface area contributed by atoms with Gasteiger partial charge in [0.05, 0.1) is 0 Å². The zero-order valence-corrected chi connectivity index (χ0v) is 17.9. The molecule has 0 aliphatic carbocycles. The van der Waals surface area contributed by atoms with Crippen molar-refractivity contribution in [3.8, 4) is 0 Å². The molecule has 1 amide bonds. The molecule has 0 aromatic heterocycles. The van der Waals surface area contributed by atoms with Crippen LogP contribution in [0.2, 0.25) is 0 Å². The maximum atomic E-state index is 12.2. The lowest BCUT2D eigenvalue weighted by atomic mass is 9.93. The largest absolute Gasteiger partial charge is 0.355 e. The first-order chi connectivity index (χ1) is 11.1. The van der Waals surface area contributed by atoms with Gasteiger partial charge in [0, 0.05) is 19.0 Å². The number of hydrogen-bond donors (Lipinski definition) is 2. The Labute approximate surface area is 167 Å². The molecule has 2 aliphatic rings. The minimum absolute atomic E-state index is 0. The number of nitrogens with zero attached hydrogens (tertiary/aromatic N) is 1.